The fourth-order valence-electron chi connectivity index (χ4n) is 2.20. The molecule has 2 nitrogen and oxygen atoms in total. The Bertz CT molecular complexity index is 423. The Morgan fingerprint density at radius 3 is 2.76 bits per heavy atom. The molecule has 0 aliphatic carbocycles. The smallest absolute Gasteiger partial charge is 0.119 e. The molecule has 0 saturated carbocycles. The summed E-state index contributed by atoms with van der Waals surface area (Å²) in [7, 11) is 0. The second kappa shape index (κ2) is 4.82. The largest absolute Gasteiger partial charge is 0.491 e. The number of fused-ring (bicyclic) bond motifs is 1. The van der Waals surface area contributed by atoms with Crippen LogP contribution in [-0.4, -0.2) is 17.5 Å². The Morgan fingerprint density at radius 1 is 1.35 bits per heavy atom. The molecule has 17 heavy (non-hydrogen) atoms. The number of hydrogen-bond donors (Lipinski definition) is 0. The number of allylic oxidation sites excluding steroid dienone is 1. The monoisotopic (exact) mass is 231 g/mol. The normalized spacial score (nSPS) is 14.7. The molecular formula is C15H21NO. The quantitative estimate of drug-likeness (QED) is 0.791. The van der Waals surface area contributed by atoms with Gasteiger partial charge in [-0.1, -0.05) is 12.6 Å². The lowest BCUT2D eigenvalue weighted by Crippen LogP contribution is -2.28. The van der Waals surface area contributed by atoms with Gasteiger partial charge in [-0.05, 0) is 50.5 Å². The van der Waals surface area contributed by atoms with E-state index in [1.807, 2.05) is 0 Å². The van der Waals surface area contributed by atoms with Crippen LogP contribution < -0.4 is 4.74 Å². The van der Waals surface area contributed by atoms with E-state index in [2.05, 4.69) is 50.4 Å². The number of rotatable bonds is 3. The van der Waals surface area contributed by atoms with Gasteiger partial charge in [0.2, 0.25) is 0 Å². The van der Waals surface area contributed by atoms with E-state index < -0.39 is 0 Å². The molecule has 1 aliphatic rings. The maximum Gasteiger partial charge on any atom is 0.119 e. The molecule has 0 spiro atoms. The van der Waals surface area contributed by atoms with Crippen LogP contribution >= 0.6 is 0 Å². The van der Waals surface area contributed by atoms with E-state index in [-0.39, 0.29) is 6.10 Å². The molecule has 1 aliphatic heterocycles. The Labute approximate surface area is 104 Å². The van der Waals surface area contributed by atoms with E-state index in [1.54, 1.807) is 0 Å². The highest BCUT2D eigenvalue weighted by Gasteiger charge is 2.16. The molecule has 0 saturated heterocycles. The molecule has 0 bridgehead atoms. The van der Waals surface area contributed by atoms with Crippen LogP contribution in [0.25, 0.3) is 0 Å². The van der Waals surface area contributed by atoms with E-state index in [0.717, 1.165) is 31.0 Å². The average molecular weight is 231 g/mol. The van der Waals surface area contributed by atoms with Gasteiger partial charge in [-0.15, -0.1) is 0 Å². The maximum atomic E-state index is 5.72. The van der Waals surface area contributed by atoms with Gasteiger partial charge in [0.25, 0.3) is 0 Å². The van der Waals surface area contributed by atoms with Crippen molar-refractivity contribution in [1.29, 1.82) is 0 Å². The van der Waals surface area contributed by atoms with Crippen molar-refractivity contribution in [3.05, 3.63) is 41.6 Å². The summed E-state index contributed by atoms with van der Waals surface area (Å²) >= 11 is 0. The zero-order valence-corrected chi connectivity index (χ0v) is 11.0. The molecule has 0 N–H and O–H groups in total. The molecule has 1 aromatic rings. The van der Waals surface area contributed by atoms with Gasteiger partial charge in [0, 0.05) is 18.8 Å². The summed E-state index contributed by atoms with van der Waals surface area (Å²) in [4.78, 5) is 2.32. The predicted molar refractivity (Wildman–Crippen MR) is 71.1 cm³/mol. The van der Waals surface area contributed by atoms with Gasteiger partial charge in [-0.2, -0.15) is 0 Å². The molecule has 0 aromatic heterocycles. The van der Waals surface area contributed by atoms with Crippen molar-refractivity contribution in [2.24, 2.45) is 0 Å². The lowest BCUT2D eigenvalue weighted by Gasteiger charge is -2.31. The fraction of sp³-hybridized carbons (Fsp3) is 0.467. The zero-order valence-electron chi connectivity index (χ0n) is 11.0. The van der Waals surface area contributed by atoms with Gasteiger partial charge in [-0.3, -0.25) is 0 Å². The molecule has 0 atom stereocenters. The summed E-state index contributed by atoms with van der Waals surface area (Å²) in [5.74, 6) is 0.988. The Kier molecular flexibility index (Phi) is 3.41. The number of nitrogens with zero attached hydrogens (tertiary/aromatic N) is 1. The minimum absolute atomic E-state index is 0.239. The topological polar surface area (TPSA) is 12.5 Å². The van der Waals surface area contributed by atoms with E-state index in [0.29, 0.717) is 0 Å². The molecule has 0 amide bonds. The molecule has 2 heteroatoms. The third-order valence-electron chi connectivity index (χ3n) is 3.10. The van der Waals surface area contributed by atoms with Crippen LogP contribution in [0, 0.1) is 0 Å². The third-order valence-corrected chi connectivity index (χ3v) is 3.10. The SMILES string of the molecule is C=C(C)N1CCc2cc(OC(C)C)ccc2C1. The number of benzene rings is 1. The summed E-state index contributed by atoms with van der Waals surface area (Å²) in [6.07, 6.45) is 1.32. The molecule has 1 aromatic carbocycles. The summed E-state index contributed by atoms with van der Waals surface area (Å²) in [6, 6.07) is 6.44. The summed E-state index contributed by atoms with van der Waals surface area (Å²) in [6.45, 7) is 12.2. The molecule has 1 heterocycles. The van der Waals surface area contributed by atoms with Crippen LogP contribution in [0.5, 0.6) is 5.75 Å². The Morgan fingerprint density at radius 2 is 2.12 bits per heavy atom. The van der Waals surface area contributed by atoms with Gasteiger partial charge in [-0.25, -0.2) is 0 Å². The minimum atomic E-state index is 0.239. The van der Waals surface area contributed by atoms with Crippen molar-refractivity contribution in [2.75, 3.05) is 6.54 Å². The highest BCUT2D eigenvalue weighted by atomic mass is 16.5. The first-order valence-electron chi connectivity index (χ1n) is 6.25. The number of hydrogen-bond acceptors (Lipinski definition) is 2. The molecule has 2 rings (SSSR count). The Hall–Kier alpha value is -1.44. The molecule has 0 unspecified atom stereocenters. The highest BCUT2D eigenvalue weighted by Crippen LogP contribution is 2.25. The van der Waals surface area contributed by atoms with Crippen molar-refractivity contribution < 1.29 is 4.74 Å². The van der Waals surface area contributed by atoms with Gasteiger partial charge < -0.3 is 9.64 Å². The van der Waals surface area contributed by atoms with Crippen LogP contribution in [0.4, 0.5) is 0 Å². The second-order valence-electron chi connectivity index (χ2n) is 5.00. The van der Waals surface area contributed by atoms with E-state index in [4.69, 9.17) is 4.74 Å². The van der Waals surface area contributed by atoms with E-state index >= 15 is 0 Å². The first kappa shape index (κ1) is 12.0. The van der Waals surface area contributed by atoms with Gasteiger partial charge >= 0.3 is 0 Å². The standard InChI is InChI=1S/C15H21NO/c1-11(2)16-8-7-13-9-15(17-12(3)4)6-5-14(13)10-16/h5-6,9,12H,1,7-8,10H2,2-4H3. The molecular weight excluding hydrogens is 210 g/mol. The first-order valence-corrected chi connectivity index (χ1v) is 6.25. The third kappa shape index (κ3) is 2.82. The first-order chi connectivity index (χ1) is 8.06. The number of ether oxygens (including phenoxy) is 1. The lowest BCUT2D eigenvalue weighted by molar-refractivity contribution is 0.241. The summed E-state index contributed by atoms with van der Waals surface area (Å²) < 4.78 is 5.72. The van der Waals surface area contributed by atoms with Gasteiger partial charge in [0.15, 0.2) is 0 Å². The maximum absolute atomic E-state index is 5.72. The van der Waals surface area contributed by atoms with Gasteiger partial charge in [0.1, 0.15) is 5.75 Å². The lowest BCUT2D eigenvalue weighted by atomic mass is 9.99. The minimum Gasteiger partial charge on any atom is -0.491 e. The second-order valence-corrected chi connectivity index (χ2v) is 5.00. The summed E-state index contributed by atoms with van der Waals surface area (Å²) in [5, 5.41) is 0. The predicted octanol–water partition coefficient (Wildman–Crippen LogP) is 3.37. The van der Waals surface area contributed by atoms with Crippen molar-refractivity contribution in [3.63, 3.8) is 0 Å². The van der Waals surface area contributed by atoms with Crippen molar-refractivity contribution >= 4 is 0 Å². The van der Waals surface area contributed by atoms with Crippen molar-refractivity contribution in [1.82, 2.24) is 4.90 Å². The van der Waals surface area contributed by atoms with Crippen LogP contribution in [0.15, 0.2) is 30.5 Å². The fourth-order valence-corrected chi connectivity index (χ4v) is 2.20. The van der Waals surface area contributed by atoms with Crippen LogP contribution in [0.1, 0.15) is 31.9 Å². The van der Waals surface area contributed by atoms with Crippen LogP contribution in [-0.2, 0) is 13.0 Å². The zero-order chi connectivity index (χ0) is 12.4. The molecule has 0 radical (unpaired) electrons. The van der Waals surface area contributed by atoms with E-state index in [1.165, 1.54) is 11.1 Å². The van der Waals surface area contributed by atoms with E-state index in [9.17, 15) is 0 Å². The van der Waals surface area contributed by atoms with Crippen LogP contribution in [0.3, 0.4) is 0 Å². The van der Waals surface area contributed by atoms with Crippen molar-refractivity contribution in [2.45, 2.75) is 39.8 Å². The molecule has 92 valence electrons. The highest BCUT2D eigenvalue weighted by molar-refractivity contribution is 5.37. The van der Waals surface area contributed by atoms with Crippen LogP contribution in [0.2, 0.25) is 0 Å². The van der Waals surface area contributed by atoms with Gasteiger partial charge in [0.05, 0.1) is 6.10 Å². The Balaban J connectivity index is 2.16. The molecule has 0 fully saturated rings. The average Bonchev–Trinajstić information content (AvgIpc) is 2.27. The summed E-state index contributed by atoms with van der Waals surface area (Å²) in [5.41, 5.74) is 3.97. The van der Waals surface area contributed by atoms with Crippen molar-refractivity contribution in [3.8, 4) is 5.75 Å².